The van der Waals surface area contributed by atoms with Crippen LogP contribution in [0.4, 0.5) is 0 Å². The lowest BCUT2D eigenvalue weighted by molar-refractivity contribution is -0.143. The van der Waals surface area contributed by atoms with Crippen LogP contribution in [0.15, 0.2) is 72.8 Å². The van der Waals surface area contributed by atoms with Gasteiger partial charge in [-0.25, -0.2) is 9.59 Å². The molecule has 1 fully saturated rings. The van der Waals surface area contributed by atoms with E-state index in [1.807, 2.05) is 6.07 Å². The molecule has 7 nitrogen and oxygen atoms in total. The summed E-state index contributed by atoms with van der Waals surface area (Å²) in [5, 5.41) is 0. The van der Waals surface area contributed by atoms with E-state index in [4.69, 9.17) is 18.9 Å². The summed E-state index contributed by atoms with van der Waals surface area (Å²) in [5.74, 6) is -1.38. The van der Waals surface area contributed by atoms with Gasteiger partial charge in [0.15, 0.2) is 5.60 Å². The van der Waals surface area contributed by atoms with Crippen molar-refractivity contribution in [1.82, 2.24) is 0 Å². The Balaban J connectivity index is 1.52. The fraction of sp³-hybridized carbons (Fsp3) is 0.261. The van der Waals surface area contributed by atoms with Gasteiger partial charge in [0.05, 0.1) is 11.1 Å². The number of carbonyl (C=O) groups is 3. The highest BCUT2D eigenvalue weighted by Crippen LogP contribution is 2.38. The third kappa shape index (κ3) is 5.78. The van der Waals surface area contributed by atoms with E-state index in [0.717, 1.165) is 0 Å². The maximum absolute atomic E-state index is 12.2. The quantitative estimate of drug-likeness (QED) is 0.272. The molecular weight excluding hydrogens is 388 g/mol. The average molecular weight is 410 g/mol. The largest absolute Gasteiger partial charge is 0.463 e. The Labute approximate surface area is 174 Å². The molecule has 3 rings (SSSR count). The van der Waals surface area contributed by atoms with E-state index in [1.54, 1.807) is 66.7 Å². The number of ether oxygens (including phenoxy) is 4. The summed E-state index contributed by atoms with van der Waals surface area (Å²) in [7, 11) is 0. The molecule has 0 spiro atoms. The standard InChI is InChI=1S/C23H22O7/c1-17(24)28-15-23(16-29-22(26)19-11-6-3-7-12-19)20(30-23)13-8-14-27-21(25)18-9-4-2-5-10-18/h2-13,20H,14-16H2,1H3/b13-8-/t20-,23+/m0/s1. The SMILES string of the molecule is CC(=O)OC[C@]1(COC(=O)c2ccccc2)O[C@H]1/C=C\COC(=O)c1ccccc1. The molecule has 0 aromatic heterocycles. The summed E-state index contributed by atoms with van der Waals surface area (Å²) in [5.41, 5.74) is -0.0675. The summed E-state index contributed by atoms with van der Waals surface area (Å²) < 4.78 is 21.2. The molecule has 30 heavy (non-hydrogen) atoms. The lowest BCUT2D eigenvalue weighted by atomic mass is 10.1. The van der Waals surface area contributed by atoms with Crippen molar-refractivity contribution in [3.63, 3.8) is 0 Å². The molecule has 2 aromatic carbocycles. The van der Waals surface area contributed by atoms with E-state index in [1.165, 1.54) is 6.92 Å². The van der Waals surface area contributed by atoms with Crippen molar-refractivity contribution in [3.05, 3.63) is 83.9 Å². The number of esters is 3. The molecule has 1 heterocycles. The smallest absolute Gasteiger partial charge is 0.338 e. The first-order valence-corrected chi connectivity index (χ1v) is 9.42. The molecule has 0 unspecified atom stereocenters. The first kappa shape index (κ1) is 21.3. The number of hydrogen-bond donors (Lipinski definition) is 0. The fourth-order valence-electron chi connectivity index (χ4n) is 2.74. The van der Waals surface area contributed by atoms with E-state index in [0.29, 0.717) is 11.1 Å². The van der Waals surface area contributed by atoms with Gasteiger partial charge in [0.1, 0.15) is 25.9 Å². The van der Waals surface area contributed by atoms with Crippen LogP contribution in [0.1, 0.15) is 27.6 Å². The van der Waals surface area contributed by atoms with Crippen LogP contribution in [0.5, 0.6) is 0 Å². The lowest BCUT2D eigenvalue weighted by Gasteiger charge is -2.13. The summed E-state index contributed by atoms with van der Waals surface area (Å²) in [6.45, 7) is 1.22. The summed E-state index contributed by atoms with van der Waals surface area (Å²) in [6, 6.07) is 17.2. The van der Waals surface area contributed by atoms with E-state index < -0.39 is 29.6 Å². The van der Waals surface area contributed by atoms with Gasteiger partial charge >= 0.3 is 17.9 Å². The van der Waals surface area contributed by atoms with Crippen molar-refractivity contribution in [2.45, 2.75) is 18.6 Å². The molecule has 0 N–H and O–H groups in total. The number of epoxide rings is 1. The van der Waals surface area contributed by atoms with Gasteiger partial charge in [-0.1, -0.05) is 42.5 Å². The first-order valence-electron chi connectivity index (χ1n) is 9.42. The van der Waals surface area contributed by atoms with Crippen LogP contribution in [-0.4, -0.2) is 49.4 Å². The van der Waals surface area contributed by atoms with E-state index in [9.17, 15) is 14.4 Å². The molecule has 2 atom stereocenters. The third-order valence-electron chi connectivity index (χ3n) is 4.43. The molecular formula is C23H22O7. The minimum absolute atomic E-state index is 0.0524. The zero-order chi connectivity index (χ0) is 21.4. The topological polar surface area (TPSA) is 91.4 Å². The minimum atomic E-state index is -0.948. The molecule has 0 radical (unpaired) electrons. The van der Waals surface area contributed by atoms with Gasteiger partial charge in [-0.05, 0) is 30.3 Å². The summed E-state index contributed by atoms with van der Waals surface area (Å²) in [4.78, 5) is 35.3. The Kier molecular flexibility index (Phi) is 6.98. The molecule has 0 bridgehead atoms. The minimum Gasteiger partial charge on any atom is -0.463 e. The van der Waals surface area contributed by atoms with Gasteiger partial charge in [0.2, 0.25) is 0 Å². The molecule has 7 heteroatoms. The second-order valence-corrected chi connectivity index (χ2v) is 6.72. The Morgan fingerprint density at radius 1 is 0.867 bits per heavy atom. The molecule has 0 saturated carbocycles. The molecule has 1 aliphatic rings. The van der Waals surface area contributed by atoms with Gasteiger partial charge < -0.3 is 18.9 Å². The molecule has 156 valence electrons. The van der Waals surface area contributed by atoms with Crippen LogP contribution < -0.4 is 0 Å². The van der Waals surface area contributed by atoms with Crippen LogP contribution >= 0.6 is 0 Å². The second-order valence-electron chi connectivity index (χ2n) is 6.72. The zero-order valence-corrected chi connectivity index (χ0v) is 16.5. The van der Waals surface area contributed by atoms with Gasteiger partial charge in [-0.3, -0.25) is 4.79 Å². The number of rotatable bonds is 9. The highest BCUT2D eigenvalue weighted by Gasteiger charge is 2.57. The van der Waals surface area contributed by atoms with Crippen LogP contribution in [0.3, 0.4) is 0 Å². The number of hydrogen-bond acceptors (Lipinski definition) is 7. The van der Waals surface area contributed by atoms with Crippen molar-refractivity contribution >= 4 is 17.9 Å². The Hall–Kier alpha value is -3.45. The predicted molar refractivity (Wildman–Crippen MR) is 107 cm³/mol. The molecule has 1 aliphatic heterocycles. The summed E-state index contributed by atoms with van der Waals surface area (Å²) >= 11 is 0. The van der Waals surface area contributed by atoms with Gasteiger partial charge in [0.25, 0.3) is 0 Å². The normalized spacial score (nSPS) is 19.8. The van der Waals surface area contributed by atoms with Crippen LogP contribution in [0, 0.1) is 0 Å². The zero-order valence-electron chi connectivity index (χ0n) is 16.5. The van der Waals surface area contributed by atoms with Crippen LogP contribution in [0.25, 0.3) is 0 Å². The summed E-state index contributed by atoms with van der Waals surface area (Å²) in [6.07, 6.45) is 2.90. The van der Waals surface area contributed by atoms with Crippen LogP contribution in [-0.2, 0) is 23.7 Å². The monoisotopic (exact) mass is 410 g/mol. The van der Waals surface area contributed by atoms with Crippen LogP contribution in [0.2, 0.25) is 0 Å². The van der Waals surface area contributed by atoms with Gasteiger partial charge in [-0.2, -0.15) is 0 Å². The highest BCUT2D eigenvalue weighted by molar-refractivity contribution is 5.89. The predicted octanol–water partition coefficient (Wildman–Crippen LogP) is 2.96. The van der Waals surface area contributed by atoms with Crippen molar-refractivity contribution < 1.29 is 33.3 Å². The van der Waals surface area contributed by atoms with Crippen molar-refractivity contribution in [1.29, 1.82) is 0 Å². The Morgan fingerprint density at radius 3 is 1.97 bits per heavy atom. The highest BCUT2D eigenvalue weighted by atomic mass is 16.7. The molecule has 0 aliphatic carbocycles. The van der Waals surface area contributed by atoms with Gasteiger partial charge in [0, 0.05) is 6.92 Å². The Morgan fingerprint density at radius 2 is 1.40 bits per heavy atom. The molecule has 0 amide bonds. The average Bonchev–Trinajstić information content (AvgIpc) is 3.47. The maximum Gasteiger partial charge on any atom is 0.338 e. The molecule has 1 saturated heterocycles. The third-order valence-corrected chi connectivity index (χ3v) is 4.43. The van der Waals surface area contributed by atoms with Gasteiger partial charge in [-0.15, -0.1) is 0 Å². The maximum atomic E-state index is 12.2. The number of benzene rings is 2. The first-order chi connectivity index (χ1) is 14.5. The van der Waals surface area contributed by atoms with Crippen molar-refractivity contribution in [2.24, 2.45) is 0 Å². The molecule has 2 aromatic rings. The fourth-order valence-corrected chi connectivity index (χ4v) is 2.74. The van der Waals surface area contributed by atoms with E-state index >= 15 is 0 Å². The van der Waals surface area contributed by atoms with Crippen molar-refractivity contribution in [3.8, 4) is 0 Å². The Bertz CT molecular complexity index is 908. The number of carbonyl (C=O) groups excluding carboxylic acids is 3. The lowest BCUT2D eigenvalue weighted by Crippen LogP contribution is -2.31. The second kappa shape index (κ2) is 9.84. The van der Waals surface area contributed by atoms with E-state index in [2.05, 4.69) is 0 Å². The van der Waals surface area contributed by atoms with Crippen molar-refractivity contribution in [2.75, 3.05) is 19.8 Å². The van der Waals surface area contributed by atoms with E-state index in [-0.39, 0.29) is 19.8 Å².